The zero-order chi connectivity index (χ0) is 23.1. The lowest BCUT2D eigenvalue weighted by molar-refractivity contribution is -0.134. The number of ether oxygens (including phenoxy) is 1. The summed E-state index contributed by atoms with van der Waals surface area (Å²) in [5.41, 5.74) is 0.0706. The zero-order valence-corrected chi connectivity index (χ0v) is 19.6. The summed E-state index contributed by atoms with van der Waals surface area (Å²) in [6.45, 7) is 2.85. The van der Waals surface area contributed by atoms with Crippen LogP contribution in [-0.2, 0) is 9.59 Å². The Balaban J connectivity index is 1.85. The number of hydrogen-bond acceptors (Lipinski definition) is 5. The Morgan fingerprint density at radius 1 is 1.06 bits per heavy atom. The van der Waals surface area contributed by atoms with Crippen molar-refractivity contribution in [3.05, 3.63) is 29.8 Å². The highest BCUT2D eigenvalue weighted by Crippen LogP contribution is 2.38. The number of carbonyl (C=O) groups excluding carboxylic acids is 3. The fourth-order valence-corrected chi connectivity index (χ4v) is 4.70. The van der Waals surface area contributed by atoms with E-state index in [2.05, 4.69) is 5.32 Å². The molecule has 0 atom stereocenters. The highest BCUT2D eigenvalue weighted by Gasteiger charge is 2.41. The number of fused-ring (bicyclic) bond motifs is 9. The molecule has 3 amide bonds. The molecule has 176 valence electrons. The Labute approximate surface area is 190 Å². The highest BCUT2D eigenvalue weighted by molar-refractivity contribution is 5.97. The van der Waals surface area contributed by atoms with E-state index in [-0.39, 0.29) is 17.7 Å². The summed E-state index contributed by atoms with van der Waals surface area (Å²) < 4.78 is 5.98. The normalized spacial score (nSPS) is 19.6. The number of rotatable bonds is 3. The van der Waals surface area contributed by atoms with Gasteiger partial charge in [0.1, 0.15) is 12.4 Å². The molecule has 0 aliphatic carbocycles. The average Bonchev–Trinajstić information content (AvgIpc) is 2.80. The summed E-state index contributed by atoms with van der Waals surface area (Å²) in [6, 6.07) is 7.27. The number of nitrogens with zero attached hydrogens (tertiary/aromatic N) is 3. The lowest BCUT2D eigenvalue weighted by Crippen LogP contribution is -2.49. The predicted molar refractivity (Wildman–Crippen MR) is 123 cm³/mol. The molecule has 1 aromatic rings. The molecular formula is C24H36N4O4. The Bertz CT molecular complexity index is 818. The maximum atomic E-state index is 13.2. The number of hydrogen-bond donors (Lipinski definition) is 1. The Morgan fingerprint density at radius 3 is 2.47 bits per heavy atom. The fourth-order valence-electron chi connectivity index (χ4n) is 4.70. The monoisotopic (exact) mass is 444 g/mol. The largest absolute Gasteiger partial charge is 0.491 e. The zero-order valence-electron chi connectivity index (χ0n) is 19.6. The number of likely N-dealkylation sites (N-methyl/N-ethyl adjacent to an activating group) is 1. The van der Waals surface area contributed by atoms with Gasteiger partial charge in [0.05, 0.1) is 24.1 Å². The van der Waals surface area contributed by atoms with Crippen LogP contribution >= 0.6 is 0 Å². The van der Waals surface area contributed by atoms with E-state index in [1.165, 1.54) is 0 Å². The second-order valence-electron chi connectivity index (χ2n) is 9.07. The standard InChI is InChI=1S/C24H36N4O4/c1-25-23(31)24-10-6-7-13-27(21(29)18-26(2)3)16-17-32-20-9-5-4-8-19(20)22(30)28(14-11-24)15-12-24/h4-5,8-9H,6-7,10-18H2,1-3H3,(H,25,31). The number of piperidine rings is 1. The molecule has 0 saturated carbocycles. The van der Waals surface area contributed by atoms with Crippen molar-refractivity contribution in [1.29, 1.82) is 0 Å². The molecule has 3 aliphatic heterocycles. The average molecular weight is 445 g/mol. The summed E-state index contributed by atoms with van der Waals surface area (Å²) in [7, 11) is 5.44. The first kappa shape index (κ1) is 24.0. The van der Waals surface area contributed by atoms with Gasteiger partial charge in [-0.3, -0.25) is 14.4 Å². The van der Waals surface area contributed by atoms with E-state index in [4.69, 9.17) is 4.74 Å². The Hall–Kier alpha value is -2.61. The molecule has 1 aromatic carbocycles. The minimum Gasteiger partial charge on any atom is -0.491 e. The van der Waals surface area contributed by atoms with Crippen LogP contribution in [0.15, 0.2) is 24.3 Å². The van der Waals surface area contributed by atoms with Crippen LogP contribution in [0.2, 0.25) is 0 Å². The molecule has 32 heavy (non-hydrogen) atoms. The van der Waals surface area contributed by atoms with Gasteiger partial charge in [-0.25, -0.2) is 0 Å². The molecule has 4 rings (SSSR count). The van der Waals surface area contributed by atoms with Gasteiger partial charge >= 0.3 is 0 Å². The third-order valence-electron chi connectivity index (χ3n) is 6.59. The molecule has 0 radical (unpaired) electrons. The molecule has 0 spiro atoms. The molecule has 8 nitrogen and oxygen atoms in total. The molecule has 0 aromatic heterocycles. The van der Waals surface area contributed by atoms with Crippen molar-refractivity contribution in [3.8, 4) is 5.75 Å². The van der Waals surface area contributed by atoms with E-state index in [9.17, 15) is 14.4 Å². The van der Waals surface area contributed by atoms with E-state index in [0.29, 0.717) is 63.5 Å². The first-order valence-corrected chi connectivity index (χ1v) is 11.5. The van der Waals surface area contributed by atoms with E-state index in [0.717, 1.165) is 19.3 Å². The second kappa shape index (κ2) is 10.8. The van der Waals surface area contributed by atoms with Gasteiger partial charge in [-0.15, -0.1) is 0 Å². The molecule has 3 heterocycles. The summed E-state index contributed by atoms with van der Waals surface area (Å²) in [4.78, 5) is 44.3. The predicted octanol–water partition coefficient (Wildman–Crippen LogP) is 1.61. The van der Waals surface area contributed by atoms with Crippen LogP contribution in [-0.4, -0.2) is 92.9 Å². The first-order valence-electron chi connectivity index (χ1n) is 11.5. The second-order valence-corrected chi connectivity index (χ2v) is 9.07. The molecule has 1 saturated heterocycles. The number of nitrogens with one attached hydrogen (secondary N) is 1. The van der Waals surface area contributed by atoms with E-state index >= 15 is 0 Å². The van der Waals surface area contributed by atoms with Crippen LogP contribution in [0.4, 0.5) is 0 Å². The van der Waals surface area contributed by atoms with E-state index in [1.54, 1.807) is 19.2 Å². The Morgan fingerprint density at radius 2 is 1.78 bits per heavy atom. The summed E-state index contributed by atoms with van der Waals surface area (Å²) in [5, 5.41) is 2.84. The number of para-hydroxylation sites is 1. The van der Waals surface area contributed by atoms with Crippen LogP contribution in [0.1, 0.15) is 42.5 Å². The molecule has 8 heteroatoms. The van der Waals surface area contributed by atoms with Crippen LogP contribution in [0, 0.1) is 5.41 Å². The Kier molecular flexibility index (Phi) is 8.12. The number of amides is 3. The fraction of sp³-hybridized carbons (Fsp3) is 0.625. The highest BCUT2D eigenvalue weighted by atomic mass is 16.5. The van der Waals surface area contributed by atoms with Crippen LogP contribution < -0.4 is 10.1 Å². The quantitative estimate of drug-likeness (QED) is 0.766. The molecule has 1 fully saturated rings. The van der Waals surface area contributed by atoms with Gasteiger partial charge in [-0.1, -0.05) is 18.6 Å². The van der Waals surface area contributed by atoms with Gasteiger partial charge < -0.3 is 24.8 Å². The SMILES string of the molecule is CNC(=O)C12CCCCN(C(=O)CN(C)C)CCOc3ccccc3C(=O)N(CC1)CC2. The van der Waals surface area contributed by atoms with Crippen molar-refractivity contribution in [2.24, 2.45) is 5.41 Å². The smallest absolute Gasteiger partial charge is 0.257 e. The maximum absolute atomic E-state index is 13.2. The lowest BCUT2D eigenvalue weighted by atomic mass is 9.73. The lowest BCUT2D eigenvalue weighted by Gasteiger charge is -2.40. The summed E-state index contributed by atoms with van der Waals surface area (Å²) >= 11 is 0. The van der Waals surface area contributed by atoms with Crippen LogP contribution in [0.25, 0.3) is 0 Å². The van der Waals surface area contributed by atoms with Crippen molar-refractivity contribution in [3.63, 3.8) is 0 Å². The molecule has 2 bridgehead atoms. The van der Waals surface area contributed by atoms with Crippen molar-refractivity contribution in [2.45, 2.75) is 32.1 Å². The van der Waals surface area contributed by atoms with Crippen molar-refractivity contribution >= 4 is 17.7 Å². The van der Waals surface area contributed by atoms with Gasteiger partial charge in [0.15, 0.2) is 0 Å². The summed E-state index contributed by atoms with van der Waals surface area (Å²) in [6.07, 6.45) is 3.73. The van der Waals surface area contributed by atoms with Crippen LogP contribution in [0.5, 0.6) is 5.75 Å². The van der Waals surface area contributed by atoms with Crippen molar-refractivity contribution in [1.82, 2.24) is 20.0 Å². The molecule has 1 N–H and O–H groups in total. The first-order chi connectivity index (χ1) is 15.4. The number of carbonyl (C=O) groups is 3. The van der Waals surface area contributed by atoms with Gasteiger partial charge in [0, 0.05) is 26.7 Å². The third kappa shape index (κ3) is 5.59. The molecular weight excluding hydrogens is 408 g/mol. The summed E-state index contributed by atoms with van der Waals surface area (Å²) in [5.74, 6) is 0.579. The van der Waals surface area contributed by atoms with E-state index < -0.39 is 5.41 Å². The van der Waals surface area contributed by atoms with E-state index in [1.807, 2.05) is 40.9 Å². The van der Waals surface area contributed by atoms with Gasteiger partial charge in [0.2, 0.25) is 11.8 Å². The van der Waals surface area contributed by atoms with Crippen molar-refractivity contribution < 1.29 is 19.1 Å². The number of benzene rings is 1. The third-order valence-corrected chi connectivity index (χ3v) is 6.59. The topological polar surface area (TPSA) is 82.2 Å². The van der Waals surface area contributed by atoms with Gasteiger partial charge in [-0.05, 0) is 51.9 Å². The minimum absolute atomic E-state index is 0.0539. The minimum atomic E-state index is -0.458. The molecule has 0 unspecified atom stereocenters. The maximum Gasteiger partial charge on any atom is 0.257 e. The van der Waals surface area contributed by atoms with Gasteiger partial charge in [-0.2, -0.15) is 0 Å². The van der Waals surface area contributed by atoms with Crippen LogP contribution in [0.3, 0.4) is 0 Å². The molecule has 3 aliphatic rings. The van der Waals surface area contributed by atoms with Crippen molar-refractivity contribution in [2.75, 3.05) is 60.5 Å². The van der Waals surface area contributed by atoms with Gasteiger partial charge in [0.25, 0.3) is 5.91 Å².